The average molecular weight is 307 g/mol. The second-order valence-electron chi connectivity index (χ2n) is 5.34. The van der Waals surface area contributed by atoms with Crippen molar-refractivity contribution in [3.63, 3.8) is 0 Å². The van der Waals surface area contributed by atoms with Crippen molar-refractivity contribution in [2.45, 2.75) is 31.9 Å². The van der Waals surface area contributed by atoms with E-state index in [1.54, 1.807) is 10.8 Å². The number of nitrogens with one attached hydrogen (secondary N) is 1. The number of aliphatic hydroxyl groups excluding tert-OH is 1. The van der Waals surface area contributed by atoms with Crippen molar-refractivity contribution in [2.24, 2.45) is 0 Å². The fraction of sp³-hybridized carbons (Fsp3) is 0.333. The highest BCUT2D eigenvalue weighted by Crippen LogP contribution is 2.34. The third kappa shape index (κ3) is 2.59. The Morgan fingerprint density at radius 2 is 2.27 bits per heavy atom. The molecule has 1 aliphatic heterocycles. The Bertz CT molecular complexity index is 728. The first kappa shape index (κ1) is 14.6. The van der Waals surface area contributed by atoms with Gasteiger partial charge in [0.15, 0.2) is 5.82 Å². The Kier molecular flexibility index (Phi) is 3.66. The minimum absolute atomic E-state index is 0.268. The predicted octanol–water partition coefficient (Wildman–Crippen LogP) is 2.02. The normalized spacial score (nSPS) is 18.1. The molecule has 2 atom stereocenters. The number of carbonyl (C=O) groups excluding carboxylic acids is 1. The van der Waals surface area contributed by atoms with Gasteiger partial charge in [-0.15, -0.1) is 0 Å². The number of rotatable bonds is 3. The molecule has 0 radical (unpaired) electrons. The van der Waals surface area contributed by atoms with Gasteiger partial charge in [-0.3, -0.25) is 4.79 Å². The van der Waals surface area contributed by atoms with Crippen LogP contribution in [0.3, 0.4) is 0 Å². The van der Waals surface area contributed by atoms with Crippen LogP contribution in [0.2, 0.25) is 0 Å². The maximum Gasteiger partial charge on any atom is 0.254 e. The molecule has 0 bridgehead atoms. The van der Waals surface area contributed by atoms with Gasteiger partial charge in [0, 0.05) is 18.2 Å². The highest BCUT2D eigenvalue weighted by molar-refractivity contribution is 5.92. The number of aryl methyl sites for hydroxylation is 1. The lowest BCUT2D eigenvalue weighted by atomic mass is 10.0. The van der Waals surface area contributed by atoms with Gasteiger partial charge in [0.1, 0.15) is 23.6 Å². The number of hydrogen-bond acceptors (Lipinski definition) is 3. The van der Waals surface area contributed by atoms with Crippen LogP contribution >= 0.6 is 0 Å². The minimum Gasteiger partial charge on any atom is -0.384 e. The van der Waals surface area contributed by atoms with Crippen LogP contribution in [-0.2, 0) is 11.2 Å². The van der Waals surface area contributed by atoms with Crippen molar-refractivity contribution in [2.75, 3.05) is 5.32 Å². The van der Waals surface area contributed by atoms with E-state index >= 15 is 0 Å². The number of anilines is 1. The number of amides is 1. The van der Waals surface area contributed by atoms with Gasteiger partial charge in [-0.05, 0) is 31.5 Å². The van der Waals surface area contributed by atoms with Crippen LogP contribution in [0, 0.1) is 11.6 Å². The van der Waals surface area contributed by atoms with E-state index in [0.717, 1.165) is 12.1 Å². The number of aromatic nitrogens is 2. The summed E-state index contributed by atoms with van der Waals surface area (Å²) in [5, 5.41) is 11.7. The van der Waals surface area contributed by atoms with Crippen molar-refractivity contribution in [1.29, 1.82) is 0 Å². The third-order valence-electron chi connectivity index (χ3n) is 3.73. The fourth-order valence-electron chi connectivity index (χ4n) is 2.66. The molecule has 0 saturated carbocycles. The largest absolute Gasteiger partial charge is 0.384 e. The monoisotopic (exact) mass is 307 g/mol. The Hall–Kier alpha value is -2.28. The molecule has 0 fully saturated rings. The standard InChI is InChI=1S/C15H15F2N3O2/c1-8(21)15(22)19-13-7-20-12(4-5-14(20)18-13)10-6-9(16)2-3-11(10)17/h2-3,6-8,12,21H,4-5H2,1H3,(H,19,22). The topological polar surface area (TPSA) is 67.2 Å². The average Bonchev–Trinajstić information content (AvgIpc) is 3.01. The Morgan fingerprint density at radius 3 is 3.00 bits per heavy atom. The Labute approximate surface area is 125 Å². The fourth-order valence-corrected chi connectivity index (χ4v) is 2.66. The second-order valence-corrected chi connectivity index (χ2v) is 5.34. The summed E-state index contributed by atoms with van der Waals surface area (Å²) in [6.45, 7) is 1.35. The van der Waals surface area contributed by atoms with Crippen LogP contribution in [0.5, 0.6) is 0 Å². The molecule has 2 aromatic rings. The molecule has 7 heteroatoms. The molecule has 3 rings (SSSR count). The summed E-state index contributed by atoms with van der Waals surface area (Å²) in [5.74, 6) is -0.544. The maximum absolute atomic E-state index is 13.9. The molecule has 2 N–H and O–H groups in total. The van der Waals surface area contributed by atoms with Gasteiger partial charge in [-0.25, -0.2) is 13.8 Å². The second kappa shape index (κ2) is 5.49. The Morgan fingerprint density at radius 1 is 1.50 bits per heavy atom. The van der Waals surface area contributed by atoms with Crippen molar-refractivity contribution < 1.29 is 18.7 Å². The lowest BCUT2D eigenvalue weighted by Crippen LogP contribution is -2.24. The number of carbonyl (C=O) groups is 1. The molecule has 0 spiro atoms. The third-order valence-corrected chi connectivity index (χ3v) is 3.73. The van der Waals surface area contributed by atoms with Gasteiger partial charge in [-0.1, -0.05) is 0 Å². The first-order chi connectivity index (χ1) is 10.5. The van der Waals surface area contributed by atoms with Gasteiger partial charge in [-0.2, -0.15) is 0 Å². The van der Waals surface area contributed by atoms with Crippen LogP contribution in [0.25, 0.3) is 0 Å². The van der Waals surface area contributed by atoms with E-state index in [1.807, 2.05) is 0 Å². The molecule has 22 heavy (non-hydrogen) atoms. The van der Waals surface area contributed by atoms with E-state index in [-0.39, 0.29) is 11.6 Å². The van der Waals surface area contributed by atoms with E-state index < -0.39 is 23.6 Å². The number of benzene rings is 1. The molecule has 1 amide bonds. The van der Waals surface area contributed by atoms with Gasteiger partial charge < -0.3 is 15.0 Å². The first-order valence-electron chi connectivity index (χ1n) is 6.97. The Balaban J connectivity index is 1.90. The van der Waals surface area contributed by atoms with Crippen LogP contribution in [0.15, 0.2) is 24.4 Å². The van der Waals surface area contributed by atoms with Crippen LogP contribution in [0.1, 0.15) is 30.8 Å². The predicted molar refractivity (Wildman–Crippen MR) is 75.4 cm³/mol. The van der Waals surface area contributed by atoms with E-state index in [2.05, 4.69) is 10.3 Å². The molecular formula is C15H15F2N3O2. The summed E-state index contributed by atoms with van der Waals surface area (Å²) in [4.78, 5) is 15.7. The molecule has 1 aromatic carbocycles. The highest BCUT2D eigenvalue weighted by atomic mass is 19.1. The van der Waals surface area contributed by atoms with Crippen LogP contribution < -0.4 is 5.32 Å². The summed E-state index contributed by atoms with van der Waals surface area (Å²) in [6, 6.07) is 3.02. The molecule has 0 aliphatic carbocycles. The molecular weight excluding hydrogens is 292 g/mol. The van der Waals surface area contributed by atoms with Gasteiger partial charge in [0.2, 0.25) is 0 Å². The summed E-state index contributed by atoms with van der Waals surface area (Å²) in [6.07, 6.45) is 1.66. The summed E-state index contributed by atoms with van der Waals surface area (Å²) in [7, 11) is 0. The number of nitrogens with zero attached hydrogens (tertiary/aromatic N) is 2. The number of aliphatic hydroxyl groups is 1. The molecule has 1 aliphatic rings. The molecule has 2 heterocycles. The summed E-state index contributed by atoms with van der Waals surface area (Å²) in [5.41, 5.74) is 0.268. The van der Waals surface area contributed by atoms with Gasteiger partial charge in [0.05, 0.1) is 6.04 Å². The molecule has 1 aromatic heterocycles. The summed E-state index contributed by atoms with van der Waals surface area (Å²) >= 11 is 0. The SMILES string of the molecule is CC(O)C(=O)Nc1cn2c(n1)CCC2c1cc(F)ccc1F. The van der Waals surface area contributed by atoms with Crippen molar-refractivity contribution in [1.82, 2.24) is 9.55 Å². The number of imidazole rings is 1. The number of fused-ring (bicyclic) bond motifs is 1. The number of hydrogen-bond donors (Lipinski definition) is 2. The molecule has 2 unspecified atom stereocenters. The minimum atomic E-state index is -1.15. The summed E-state index contributed by atoms with van der Waals surface area (Å²) < 4.78 is 29.0. The van der Waals surface area contributed by atoms with E-state index in [9.17, 15) is 18.7 Å². The first-order valence-corrected chi connectivity index (χ1v) is 6.97. The zero-order valence-electron chi connectivity index (χ0n) is 11.9. The number of halogens is 2. The zero-order chi connectivity index (χ0) is 15.9. The lowest BCUT2D eigenvalue weighted by Gasteiger charge is -2.14. The molecule has 5 nitrogen and oxygen atoms in total. The van der Waals surface area contributed by atoms with Crippen molar-refractivity contribution in [3.8, 4) is 0 Å². The van der Waals surface area contributed by atoms with E-state index in [1.165, 1.54) is 13.0 Å². The van der Waals surface area contributed by atoms with Crippen LogP contribution in [-0.4, -0.2) is 26.7 Å². The smallest absolute Gasteiger partial charge is 0.254 e. The highest BCUT2D eigenvalue weighted by Gasteiger charge is 2.28. The lowest BCUT2D eigenvalue weighted by molar-refractivity contribution is -0.123. The van der Waals surface area contributed by atoms with Gasteiger partial charge in [0.25, 0.3) is 5.91 Å². The quantitative estimate of drug-likeness (QED) is 0.911. The molecule has 116 valence electrons. The van der Waals surface area contributed by atoms with Crippen molar-refractivity contribution >= 4 is 11.7 Å². The maximum atomic E-state index is 13.9. The molecule has 0 saturated heterocycles. The van der Waals surface area contributed by atoms with Crippen LogP contribution in [0.4, 0.5) is 14.6 Å². The van der Waals surface area contributed by atoms with Crippen molar-refractivity contribution in [3.05, 3.63) is 47.4 Å². The van der Waals surface area contributed by atoms with Gasteiger partial charge >= 0.3 is 0 Å². The van der Waals surface area contributed by atoms with E-state index in [4.69, 9.17) is 0 Å². The zero-order valence-corrected chi connectivity index (χ0v) is 11.9. The van der Waals surface area contributed by atoms with E-state index in [0.29, 0.717) is 24.5 Å².